The van der Waals surface area contributed by atoms with Gasteiger partial charge in [-0.1, -0.05) is 24.3 Å². The largest absolute Gasteiger partial charge is 0.456 e. The summed E-state index contributed by atoms with van der Waals surface area (Å²) in [5, 5.41) is 0. The minimum atomic E-state index is -0.0698. The predicted molar refractivity (Wildman–Crippen MR) is 135 cm³/mol. The van der Waals surface area contributed by atoms with E-state index in [1.165, 1.54) is 0 Å². The fraction of sp³-hybridized carbons (Fsp3) is 0.500. The zero-order valence-corrected chi connectivity index (χ0v) is 21.9. The van der Waals surface area contributed by atoms with Crippen LogP contribution < -0.4 is 4.74 Å². The molecule has 0 aliphatic heterocycles. The van der Waals surface area contributed by atoms with Crippen LogP contribution in [0.1, 0.15) is 87.2 Å². The van der Waals surface area contributed by atoms with Crippen molar-refractivity contribution in [3.63, 3.8) is 0 Å². The summed E-state index contributed by atoms with van der Waals surface area (Å²) in [6.07, 6.45) is 0. The zero-order valence-electron chi connectivity index (χ0n) is 21.9. The molecule has 0 aromatic heterocycles. The summed E-state index contributed by atoms with van der Waals surface area (Å²) in [7, 11) is 0. The van der Waals surface area contributed by atoms with E-state index < -0.39 is 0 Å². The highest BCUT2D eigenvalue weighted by Crippen LogP contribution is 2.34. The van der Waals surface area contributed by atoms with Crippen LogP contribution in [-0.4, -0.2) is 45.8 Å². The molecule has 180 valence electrons. The SMILES string of the molecule is Cc1cccc(Oc2cccc(C)c2C(=O)N(C(C)C)C(C)C)c1C(=O)N(C(C)C)C(C)C. The Labute approximate surface area is 199 Å². The van der Waals surface area contributed by atoms with Crippen molar-refractivity contribution in [1.82, 2.24) is 9.80 Å². The van der Waals surface area contributed by atoms with Crippen LogP contribution in [0.5, 0.6) is 11.5 Å². The van der Waals surface area contributed by atoms with E-state index in [0.29, 0.717) is 22.6 Å². The molecular weight excluding hydrogens is 412 g/mol. The fourth-order valence-electron chi connectivity index (χ4n) is 4.51. The molecule has 0 radical (unpaired) electrons. The molecule has 0 aliphatic rings. The number of carbonyl (C=O) groups is 2. The fourth-order valence-corrected chi connectivity index (χ4v) is 4.51. The van der Waals surface area contributed by atoms with Gasteiger partial charge in [0.25, 0.3) is 11.8 Å². The van der Waals surface area contributed by atoms with E-state index in [9.17, 15) is 9.59 Å². The second kappa shape index (κ2) is 10.9. The van der Waals surface area contributed by atoms with Gasteiger partial charge in [-0.3, -0.25) is 9.59 Å². The number of benzene rings is 2. The average molecular weight is 453 g/mol. The van der Waals surface area contributed by atoms with Crippen LogP contribution >= 0.6 is 0 Å². The minimum Gasteiger partial charge on any atom is -0.456 e. The highest BCUT2D eigenvalue weighted by atomic mass is 16.5. The molecule has 0 unspecified atom stereocenters. The lowest BCUT2D eigenvalue weighted by Gasteiger charge is -2.32. The Bertz CT molecular complexity index is 897. The van der Waals surface area contributed by atoms with Crippen molar-refractivity contribution in [3.8, 4) is 11.5 Å². The lowest BCUT2D eigenvalue weighted by atomic mass is 10.0. The summed E-state index contributed by atoms with van der Waals surface area (Å²) in [6, 6.07) is 11.4. The lowest BCUT2D eigenvalue weighted by Crippen LogP contribution is -2.42. The van der Waals surface area contributed by atoms with Crippen molar-refractivity contribution in [1.29, 1.82) is 0 Å². The van der Waals surface area contributed by atoms with Gasteiger partial charge in [0, 0.05) is 24.2 Å². The normalized spacial score (nSPS) is 11.5. The molecule has 33 heavy (non-hydrogen) atoms. The molecule has 2 rings (SSSR count). The van der Waals surface area contributed by atoms with Gasteiger partial charge < -0.3 is 14.5 Å². The topological polar surface area (TPSA) is 49.9 Å². The summed E-state index contributed by atoms with van der Waals surface area (Å²) >= 11 is 0. The summed E-state index contributed by atoms with van der Waals surface area (Å²) in [4.78, 5) is 30.9. The maximum atomic E-state index is 13.6. The summed E-state index contributed by atoms with van der Waals surface area (Å²) in [6.45, 7) is 19.9. The molecule has 0 fully saturated rings. The Kier molecular flexibility index (Phi) is 8.70. The Morgan fingerprint density at radius 1 is 0.606 bits per heavy atom. The van der Waals surface area contributed by atoms with Gasteiger partial charge >= 0.3 is 0 Å². The van der Waals surface area contributed by atoms with Gasteiger partial charge in [-0.05, 0) is 92.5 Å². The zero-order chi connectivity index (χ0) is 25.0. The van der Waals surface area contributed by atoms with Crippen molar-refractivity contribution in [2.75, 3.05) is 0 Å². The number of amides is 2. The van der Waals surface area contributed by atoms with Gasteiger partial charge in [0.2, 0.25) is 0 Å². The minimum absolute atomic E-state index is 0.0479. The molecule has 0 bridgehead atoms. The van der Waals surface area contributed by atoms with Crippen LogP contribution in [0.15, 0.2) is 36.4 Å². The Morgan fingerprint density at radius 3 is 1.18 bits per heavy atom. The van der Waals surface area contributed by atoms with Gasteiger partial charge in [0.05, 0.1) is 11.1 Å². The highest BCUT2D eigenvalue weighted by Gasteiger charge is 2.29. The van der Waals surface area contributed by atoms with E-state index in [1.54, 1.807) is 12.1 Å². The third kappa shape index (κ3) is 5.76. The first-order valence-corrected chi connectivity index (χ1v) is 11.9. The smallest absolute Gasteiger partial charge is 0.258 e. The highest BCUT2D eigenvalue weighted by molar-refractivity contribution is 6.00. The number of nitrogens with zero attached hydrogens (tertiary/aromatic N) is 2. The molecule has 2 aromatic rings. The Hall–Kier alpha value is -2.82. The van der Waals surface area contributed by atoms with Gasteiger partial charge in [0.15, 0.2) is 0 Å². The van der Waals surface area contributed by atoms with Crippen LogP contribution in [-0.2, 0) is 0 Å². The monoisotopic (exact) mass is 452 g/mol. The van der Waals surface area contributed by atoms with Gasteiger partial charge in [-0.15, -0.1) is 0 Å². The van der Waals surface area contributed by atoms with Gasteiger partial charge in [-0.2, -0.15) is 0 Å². The Morgan fingerprint density at radius 2 is 0.909 bits per heavy atom. The molecule has 0 N–H and O–H groups in total. The molecule has 0 aliphatic carbocycles. The maximum absolute atomic E-state index is 13.6. The van der Waals surface area contributed by atoms with E-state index in [1.807, 2.05) is 103 Å². The van der Waals surface area contributed by atoms with Gasteiger partial charge in [0.1, 0.15) is 11.5 Å². The van der Waals surface area contributed by atoms with Crippen LogP contribution in [0.4, 0.5) is 0 Å². The summed E-state index contributed by atoms with van der Waals surface area (Å²) in [5.41, 5.74) is 2.75. The molecule has 0 saturated heterocycles. The number of hydrogen-bond acceptors (Lipinski definition) is 3. The molecule has 0 atom stereocenters. The van der Waals surface area contributed by atoms with Gasteiger partial charge in [-0.25, -0.2) is 0 Å². The van der Waals surface area contributed by atoms with E-state index >= 15 is 0 Å². The van der Waals surface area contributed by atoms with E-state index in [0.717, 1.165) is 11.1 Å². The molecule has 0 spiro atoms. The molecule has 0 saturated carbocycles. The first kappa shape index (κ1) is 26.4. The molecule has 0 heterocycles. The van der Waals surface area contributed by atoms with Crippen molar-refractivity contribution in [2.45, 2.75) is 93.4 Å². The van der Waals surface area contributed by atoms with E-state index in [2.05, 4.69) is 0 Å². The van der Waals surface area contributed by atoms with Crippen molar-refractivity contribution >= 4 is 11.8 Å². The predicted octanol–water partition coefficient (Wildman–Crippen LogP) is 6.61. The number of aryl methyl sites for hydroxylation is 2. The number of hydrogen-bond donors (Lipinski definition) is 0. The van der Waals surface area contributed by atoms with Crippen molar-refractivity contribution < 1.29 is 14.3 Å². The standard InChI is InChI=1S/C28H40N2O3/c1-17(2)29(18(3)4)27(31)25-21(9)13-11-15-23(25)33-24-16-12-14-22(10)26(24)28(32)30(19(5)6)20(7)8/h11-20H,1-10H3. The van der Waals surface area contributed by atoms with Crippen LogP contribution in [0.25, 0.3) is 0 Å². The second-order valence-corrected chi connectivity index (χ2v) is 9.80. The number of carbonyl (C=O) groups excluding carboxylic acids is 2. The molecule has 2 aromatic carbocycles. The second-order valence-electron chi connectivity index (χ2n) is 9.80. The third-order valence-corrected chi connectivity index (χ3v) is 5.81. The van der Waals surface area contributed by atoms with Crippen molar-refractivity contribution in [2.24, 2.45) is 0 Å². The number of rotatable bonds is 8. The summed E-state index contributed by atoms with van der Waals surface area (Å²) in [5.74, 6) is 0.789. The van der Waals surface area contributed by atoms with Crippen LogP contribution in [0.3, 0.4) is 0 Å². The first-order chi connectivity index (χ1) is 15.4. The van der Waals surface area contributed by atoms with E-state index in [-0.39, 0.29) is 36.0 Å². The molecular formula is C28H40N2O3. The lowest BCUT2D eigenvalue weighted by molar-refractivity contribution is 0.0635. The third-order valence-electron chi connectivity index (χ3n) is 5.81. The quantitative estimate of drug-likeness (QED) is 0.452. The van der Waals surface area contributed by atoms with E-state index in [4.69, 9.17) is 4.74 Å². The van der Waals surface area contributed by atoms with Crippen molar-refractivity contribution in [3.05, 3.63) is 58.7 Å². The molecule has 5 heteroatoms. The molecule has 5 nitrogen and oxygen atoms in total. The Balaban J connectivity index is 2.61. The average Bonchev–Trinajstić information content (AvgIpc) is 2.66. The molecule has 2 amide bonds. The number of ether oxygens (including phenoxy) is 1. The van der Waals surface area contributed by atoms with Crippen LogP contribution in [0, 0.1) is 13.8 Å². The maximum Gasteiger partial charge on any atom is 0.258 e. The first-order valence-electron chi connectivity index (χ1n) is 11.9. The summed E-state index contributed by atoms with van der Waals surface area (Å²) < 4.78 is 6.37. The van der Waals surface area contributed by atoms with Crippen LogP contribution in [0.2, 0.25) is 0 Å².